The minimum atomic E-state index is -1.92. The predicted octanol–water partition coefficient (Wildman–Crippen LogP) is -0.759. The number of hydrogen-bond acceptors (Lipinski definition) is 14. The summed E-state index contributed by atoms with van der Waals surface area (Å²) in [6.45, 7) is 0. The Bertz CT molecular complexity index is 1490. The van der Waals surface area contributed by atoms with Crippen LogP contribution in [0.4, 0.5) is 22.2 Å². The highest BCUT2D eigenvalue weighted by Gasteiger charge is 2.48. The molecule has 2 fully saturated rings. The fourth-order valence-electron chi connectivity index (χ4n) is 5.00. The van der Waals surface area contributed by atoms with E-state index >= 15 is 0 Å². The third-order valence-corrected chi connectivity index (χ3v) is 7.23. The van der Waals surface area contributed by atoms with Gasteiger partial charge in [0.2, 0.25) is 12.2 Å². The Morgan fingerprint density at radius 1 is 1.02 bits per heavy atom. The molecule has 0 bridgehead atoms. The largest absolute Gasteiger partial charge is 0.479 e. The zero-order valence-corrected chi connectivity index (χ0v) is 23.1. The number of amides is 2. The molecule has 1 aromatic carbocycles. The molecule has 1 saturated heterocycles. The number of carboxylic acid groups (broad SMARTS) is 1. The van der Waals surface area contributed by atoms with Crippen molar-refractivity contribution in [3.05, 3.63) is 48.4 Å². The summed E-state index contributed by atoms with van der Waals surface area (Å²) in [5.74, 6) is -2.08. The molecule has 7 atom stereocenters. The number of carbonyl (C=O) groups is 3. The van der Waals surface area contributed by atoms with Crippen molar-refractivity contribution in [1.82, 2.24) is 30.3 Å². The molecule has 44 heavy (non-hydrogen) atoms. The maximum atomic E-state index is 12.7. The van der Waals surface area contributed by atoms with Crippen LogP contribution in [-0.2, 0) is 14.3 Å². The summed E-state index contributed by atoms with van der Waals surface area (Å²) in [4.78, 5) is 46.3. The van der Waals surface area contributed by atoms with Gasteiger partial charge < -0.3 is 51.6 Å². The Morgan fingerprint density at radius 2 is 1.75 bits per heavy atom. The Kier molecular flexibility index (Phi) is 9.14. The molecule has 0 spiro atoms. The molecule has 3 aromatic rings. The number of alkyl carbamates (subject to hydrolysis) is 1. The van der Waals surface area contributed by atoms with Crippen molar-refractivity contribution in [3.63, 3.8) is 0 Å². The standard InChI is InChI=1S/C26H31N9O9/c27-21(39)14-11-28-25(34-22(14)31-12-4-3-5-13(10-12)35-29-8-9-30-35)32-15-6-1-2-7-16(15)33-26(42)44-24-19(38)17(36)18(37)20(43-24)23(40)41/h3-5,8-11,15-20,24,36-38H,1-2,6-7H2,(H2,27,39)(H,33,42)(H,40,41)(H2,28,31,32,34)/t15-,16+,17+,18+,19?,20?,24+/m1/s1. The van der Waals surface area contributed by atoms with E-state index in [1.165, 1.54) is 23.4 Å². The van der Waals surface area contributed by atoms with Gasteiger partial charge in [-0.25, -0.2) is 14.6 Å². The van der Waals surface area contributed by atoms with Gasteiger partial charge in [-0.1, -0.05) is 18.9 Å². The van der Waals surface area contributed by atoms with Crippen molar-refractivity contribution in [1.29, 1.82) is 0 Å². The number of primary amides is 1. The molecule has 2 aliphatic rings. The number of carbonyl (C=O) groups excluding carboxylic acids is 2. The van der Waals surface area contributed by atoms with Crippen molar-refractivity contribution in [2.24, 2.45) is 5.73 Å². The van der Waals surface area contributed by atoms with Crippen LogP contribution in [0.1, 0.15) is 36.0 Å². The lowest BCUT2D eigenvalue weighted by Crippen LogP contribution is -2.61. The van der Waals surface area contributed by atoms with Crippen LogP contribution in [0, 0.1) is 0 Å². The van der Waals surface area contributed by atoms with E-state index in [0.717, 1.165) is 12.8 Å². The lowest BCUT2D eigenvalue weighted by molar-refractivity contribution is -0.278. The maximum Gasteiger partial charge on any atom is 0.409 e. The first kappa shape index (κ1) is 30.5. The highest BCUT2D eigenvalue weighted by Crippen LogP contribution is 2.26. The number of hydrogen-bond donors (Lipinski definition) is 8. The molecule has 5 rings (SSSR count). The number of aliphatic hydroxyl groups excluding tert-OH is 3. The second-order valence-electron chi connectivity index (χ2n) is 10.2. The van der Waals surface area contributed by atoms with E-state index in [2.05, 4.69) is 36.1 Å². The number of anilines is 3. The number of benzene rings is 1. The highest BCUT2D eigenvalue weighted by molar-refractivity contribution is 5.98. The molecule has 18 heteroatoms. The zero-order valence-electron chi connectivity index (χ0n) is 23.1. The summed E-state index contributed by atoms with van der Waals surface area (Å²) >= 11 is 0. The molecule has 3 heterocycles. The van der Waals surface area contributed by atoms with E-state index < -0.39 is 60.8 Å². The van der Waals surface area contributed by atoms with Gasteiger partial charge in [0.1, 0.15) is 29.7 Å². The van der Waals surface area contributed by atoms with E-state index in [0.29, 0.717) is 24.2 Å². The molecular weight excluding hydrogens is 582 g/mol. The van der Waals surface area contributed by atoms with E-state index in [9.17, 15) is 34.8 Å². The second-order valence-corrected chi connectivity index (χ2v) is 10.2. The van der Waals surface area contributed by atoms with Crippen molar-refractivity contribution < 1.29 is 44.3 Å². The summed E-state index contributed by atoms with van der Waals surface area (Å²) in [5.41, 5.74) is 6.83. The van der Waals surface area contributed by atoms with Gasteiger partial charge in [0.05, 0.1) is 24.1 Å². The average molecular weight is 614 g/mol. The smallest absolute Gasteiger partial charge is 0.409 e. The zero-order chi connectivity index (χ0) is 31.4. The molecule has 2 amide bonds. The topological polar surface area (TPSA) is 269 Å². The van der Waals surface area contributed by atoms with Crippen LogP contribution in [0.2, 0.25) is 0 Å². The summed E-state index contributed by atoms with van der Waals surface area (Å²) < 4.78 is 10.1. The molecule has 2 unspecified atom stereocenters. The minimum Gasteiger partial charge on any atom is -0.479 e. The van der Waals surface area contributed by atoms with Crippen molar-refractivity contribution in [2.45, 2.75) is 68.5 Å². The number of nitrogens with zero attached hydrogens (tertiary/aromatic N) is 5. The number of nitrogens with two attached hydrogens (primary N) is 1. The van der Waals surface area contributed by atoms with Crippen LogP contribution in [0.25, 0.3) is 5.69 Å². The summed E-state index contributed by atoms with van der Waals surface area (Å²) in [7, 11) is 0. The van der Waals surface area contributed by atoms with E-state index in [4.69, 9.17) is 15.2 Å². The van der Waals surface area contributed by atoms with Gasteiger partial charge in [-0.2, -0.15) is 20.0 Å². The quantitative estimate of drug-likeness (QED) is 0.147. The lowest BCUT2D eigenvalue weighted by atomic mass is 9.90. The third-order valence-electron chi connectivity index (χ3n) is 7.23. The molecule has 234 valence electrons. The SMILES string of the molecule is NC(=O)c1cnc(N[C@@H]2CCCC[C@@H]2NC(=O)O[C@@H]2OC(C(=O)O)[C@@H](O)[C@H](O)C2O)nc1Nc1cccc(-n2nccn2)c1. The van der Waals surface area contributed by atoms with Gasteiger partial charge in [-0.3, -0.25) is 4.79 Å². The fraction of sp³-hybridized carbons (Fsp3) is 0.423. The highest BCUT2D eigenvalue weighted by atomic mass is 16.7. The molecule has 9 N–H and O–H groups in total. The number of nitrogens with one attached hydrogen (secondary N) is 3. The molecular formula is C26H31N9O9. The molecule has 1 saturated carbocycles. The van der Waals surface area contributed by atoms with Gasteiger partial charge in [0.25, 0.3) is 5.91 Å². The van der Waals surface area contributed by atoms with Crippen molar-refractivity contribution >= 4 is 35.4 Å². The van der Waals surface area contributed by atoms with Crippen molar-refractivity contribution in [3.8, 4) is 5.69 Å². The molecule has 1 aliphatic carbocycles. The van der Waals surface area contributed by atoms with Crippen LogP contribution < -0.4 is 21.7 Å². The lowest BCUT2D eigenvalue weighted by Gasteiger charge is -2.38. The predicted molar refractivity (Wildman–Crippen MR) is 149 cm³/mol. The van der Waals surface area contributed by atoms with E-state index in [1.807, 2.05) is 0 Å². The first-order chi connectivity index (χ1) is 21.1. The molecule has 2 aromatic heterocycles. The van der Waals surface area contributed by atoms with Gasteiger partial charge in [-0.15, -0.1) is 0 Å². The summed E-state index contributed by atoms with van der Waals surface area (Å²) in [6.07, 6.45) is -3.45. The van der Waals surface area contributed by atoms with Crippen LogP contribution >= 0.6 is 0 Å². The monoisotopic (exact) mass is 613 g/mol. The first-order valence-electron chi connectivity index (χ1n) is 13.7. The van der Waals surface area contributed by atoms with Gasteiger partial charge >= 0.3 is 12.1 Å². The number of carboxylic acids is 1. The van der Waals surface area contributed by atoms with Gasteiger partial charge in [0.15, 0.2) is 6.10 Å². The van der Waals surface area contributed by atoms with Gasteiger partial charge in [0, 0.05) is 17.9 Å². The Balaban J connectivity index is 1.28. The van der Waals surface area contributed by atoms with Crippen LogP contribution in [0.5, 0.6) is 0 Å². The summed E-state index contributed by atoms with van der Waals surface area (Å²) in [6, 6.07) is 6.16. The average Bonchev–Trinajstić information content (AvgIpc) is 3.54. The fourth-order valence-corrected chi connectivity index (χ4v) is 5.00. The minimum absolute atomic E-state index is 0.0399. The van der Waals surface area contributed by atoms with Gasteiger partial charge in [-0.05, 0) is 31.0 Å². The van der Waals surface area contributed by atoms with Crippen molar-refractivity contribution in [2.75, 3.05) is 10.6 Å². The second kappa shape index (κ2) is 13.2. The van der Waals surface area contributed by atoms with Crippen LogP contribution in [0.15, 0.2) is 42.9 Å². The number of aliphatic hydroxyl groups is 3. The van der Waals surface area contributed by atoms with E-state index in [-0.39, 0.29) is 17.3 Å². The Morgan fingerprint density at radius 3 is 2.45 bits per heavy atom. The van der Waals surface area contributed by atoms with Crippen LogP contribution in [0.3, 0.4) is 0 Å². The van der Waals surface area contributed by atoms with E-state index in [1.54, 1.807) is 24.3 Å². The first-order valence-corrected chi connectivity index (χ1v) is 13.7. The third kappa shape index (κ3) is 6.83. The number of aliphatic carboxylic acids is 1. The Hall–Kier alpha value is -4.91. The van der Waals surface area contributed by atoms with Crippen LogP contribution in [-0.4, -0.2) is 106 Å². The molecule has 1 aliphatic heterocycles. The molecule has 0 radical (unpaired) electrons. The normalized spacial score (nSPS) is 26.8. The Labute approximate surface area is 249 Å². The summed E-state index contributed by atoms with van der Waals surface area (Å²) in [5, 5.41) is 56.3. The maximum absolute atomic E-state index is 12.7. The molecule has 18 nitrogen and oxygen atoms in total. The number of aromatic nitrogens is 5. The number of rotatable bonds is 9. The number of ether oxygens (including phenoxy) is 2.